The monoisotopic (exact) mass is 477 g/mol. The van der Waals surface area contributed by atoms with Crippen molar-refractivity contribution >= 4 is 11.7 Å². The van der Waals surface area contributed by atoms with Crippen LogP contribution in [0.5, 0.6) is 11.6 Å². The summed E-state index contributed by atoms with van der Waals surface area (Å²) in [4.78, 5) is 48.9. The quantitative estimate of drug-likeness (QED) is 0.513. The fraction of sp³-hybridized carbons (Fsp3) is 0.400. The number of carbonyl (C=O) groups is 1. The third-order valence-electron chi connectivity index (χ3n) is 7.01. The van der Waals surface area contributed by atoms with Crippen LogP contribution in [0.15, 0.2) is 63.2 Å². The zero-order valence-corrected chi connectivity index (χ0v) is 19.4. The number of hydrogen-bond acceptors (Lipinski definition) is 6. The van der Waals surface area contributed by atoms with Crippen molar-refractivity contribution in [3.8, 4) is 11.6 Å². The molecule has 1 atom stereocenters. The second-order valence-electron chi connectivity index (χ2n) is 9.66. The highest BCUT2D eigenvalue weighted by atomic mass is 16.5. The van der Waals surface area contributed by atoms with E-state index >= 15 is 0 Å². The molecule has 3 aliphatic rings. The Hall–Kier alpha value is -3.95. The largest absolute Gasteiger partial charge is 0.481 e. The topological polar surface area (TPSA) is 132 Å². The van der Waals surface area contributed by atoms with Gasteiger partial charge < -0.3 is 9.84 Å². The Morgan fingerprint density at radius 3 is 2.63 bits per heavy atom. The van der Waals surface area contributed by atoms with E-state index < -0.39 is 23.3 Å². The van der Waals surface area contributed by atoms with Crippen LogP contribution in [0.1, 0.15) is 32.6 Å². The predicted molar refractivity (Wildman–Crippen MR) is 126 cm³/mol. The highest BCUT2D eigenvalue weighted by Crippen LogP contribution is 2.59. The van der Waals surface area contributed by atoms with E-state index in [9.17, 15) is 19.5 Å². The lowest BCUT2D eigenvalue weighted by Crippen LogP contribution is -2.53. The van der Waals surface area contributed by atoms with Crippen molar-refractivity contribution in [1.29, 1.82) is 0 Å². The van der Waals surface area contributed by atoms with Crippen LogP contribution in [0.3, 0.4) is 0 Å². The Kier molecular flexibility index (Phi) is 5.88. The van der Waals surface area contributed by atoms with Gasteiger partial charge in [0.25, 0.3) is 0 Å². The van der Waals surface area contributed by atoms with Gasteiger partial charge in [-0.25, -0.2) is 24.1 Å². The minimum absolute atomic E-state index is 0.0353. The number of carboxylic acid groups (broad SMARTS) is 1. The maximum atomic E-state index is 13.4. The van der Waals surface area contributed by atoms with E-state index in [-0.39, 0.29) is 17.6 Å². The number of H-pyrrole nitrogens is 1. The highest BCUT2D eigenvalue weighted by Gasteiger charge is 2.50. The molecule has 1 aromatic carbocycles. The number of aromatic amines is 1. The van der Waals surface area contributed by atoms with Gasteiger partial charge in [0, 0.05) is 25.4 Å². The first-order valence-corrected chi connectivity index (χ1v) is 11.7. The fourth-order valence-corrected chi connectivity index (χ4v) is 5.16. The second kappa shape index (κ2) is 9.01. The zero-order valence-electron chi connectivity index (χ0n) is 19.4. The van der Waals surface area contributed by atoms with Crippen LogP contribution >= 0.6 is 0 Å². The number of aliphatic carboxylic acids is 1. The van der Waals surface area contributed by atoms with Crippen LogP contribution in [0, 0.1) is 17.3 Å². The van der Waals surface area contributed by atoms with E-state index in [1.54, 1.807) is 42.6 Å². The molecule has 2 heterocycles. The SMILES string of the molecule is C[C@@H](Cn1c(=O)[nH]/c(=N\c2ccc(Oc3ccccn3)cc2)n(CC23CCC(C2)C3)c1=O)C(=O)O. The number of pyridine rings is 1. The average Bonchev–Trinajstić information content (AvgIpc) is 3.42. The van der Waals surface area contributed by atoms with Gasteiger partial charge >= 0.3 is 17.3 Å². The van der Waals surface area contributed by atoms with E-state index in [2.05, 4.69) is 15.0 Å². The lowest BCUT2D eigenvalue weighted by Gasteiger charge is -2.38. The van der Waals surface area contributed by atoms with Crippen molar-refractivity contribution < 1.29 is 14.6 Å². The molecule has 10 nitrogen and oxygen atoms in total. The number of nitrogens with one attached hydrogen (secondary N) is 1. The first kappa shape index (κ1) is 22.8. The number of nitrogens with zero attached hydrogens (tertiary/aromatic N) is 4. The predicted octanol–water partition coefficient (Wildman–Crippen LogP) is 2.67. The summed E-state index contributed by atoms with van der Waals surface area (Å²) in [7, 11) is 0. The van der Waals surface area contributed by atoms with Gasteiger partial charge in [0.05, 0.1) is 11.6 Å². The number of hydrogen-bond donors (Lipinski definition) is 2. The molecule has 182 valence electrons. The molecule has 2 N–H and O–H groups in total. The number of benzene rings is 1. The van der Waals surface area contributed by atoms with Crippen LogP contribution in [0.4, 0.5) is 5.69 Å². The van der Waals surface area contributed by atoms with Crippen molar-refractivity contribution in [2.24, 2.45) is 22.2 Å². The molecule has 0 aliphatic heterocycles. The number of ether oxygens (including phenoxy) is 1. The maximum absolute atomic E-state index is 13.4. The van der Waals surface area contributed by atoms with Gasteiger partial charge in [-0.1, -0.05) is 13.0 Å². The summed E-state index contributed by atoms with van der Waals surface area (Å²) in [5, 5.41) is 9.27. The van der Waals surface area contributed by atoms with E-state index in [1.165, 1.54) is 11.5 Å². The Morgan fingerprint density at radius 2 is 2.00 bits per heavy atom. The molecule has 0 radical (unpaired) electrons. The molecule has 3 aromatic rings. The number of fused-ring (bicyclic) bond motifs is 1. The smallest absolute Gasteiger partial charge is 0.335 e. The van der Waals surface area contributed by atoms with Crippen LogP contribution in [-0.4, -0.2) is 30.2 Å². The van der Waals surface area contributed by atoms with Crippen molar-refractivity contribution in [2.45, 2.75) is 45.7 Å². The second-order valence-corrected chi connectivity index (χ2v) is 9.66. The van der Waals surface area contributed by atoms with Crippen LogP contribution in [0.2, 0.25) is 0 Å². The number of rotatable bonds is 8. The van der Waals surface area contributed by atoms with Gasteiger partial charge in [-0.3, -0.25) is 14.3 Å². The highest BCUT2D eigenvalue weighted by molar-refractivity contribution is 5.69. The van der Waals surface area contributed by atoms with Gasteiger partial charge in [-0.15, -0.1) is 0 Å². The van der Waals surface area contributed by atoms with E-state index in [0.717, 1.165) is 30.3 Å². The third-order valence-corrected chi connectivity index (χ3v) is 7.01. The van der Waals surface area contributed by atoms with Crippen LogP contribution < -0.4 is 21.7 Å². The summed E-state index contributed by atoms with van der Waals surface area (Å²) in [5.74, 6) is -0.199. The molecule has 0 amide bonds. The summed E-state index contributed by atoms with van der Waals surface area (Å²) in [6, 6.07) is 12.3. The molecular weight excluding hydrogens is 450 g/mol. The van der Waals surface area contributed by atoms with E-state index in [1.807, 2.05) is 6.07 Å². The lowest BCUT2D eigenvalue weighted by atomic mass is 9.69. The Labute approximate surface area is 200 Å². The molecular formula is C25H27N5O5. The molecule has 6 rings (SSSR count). The molecule has 3 aliphatic carbocycles. The molecule has 0 unspecified atom stereocenters. The van der Waals surface area contributed by atoms with Crippen molar-refractivity contribution in [2.75, 3.05) is 0 Å². The number of carboxylic acids is 1. The summed E-state index contributed by atoms with van der Waals surface area (Å²) in [6.45, 7) is 1.71. The zero-order chi connectivity index (χ0) is 24.6. The first-order valence-electron chi connectivity index (χ1n) is 11.7. The van der Waals surface area contributed by atoms with Crippen molar-refractivity contribution in [1.82, 2.24) is 19.1 Å². The standard InChI is InChI=1S/C25H27N5O5/c1-16(21(31)32)14-29-23(33)28-22(30(24(29)34)15-25-10-9-17(12-25)13-25)27-18-5-7-19(8-6-18)35-20-4-2-3-11-26-20/h2-8,11,16-17H,9-10,12-15H2,1H3,(H,31,32)(H,27,28,33)/t16-,17?,25?/m0/s1. The first-order chi connectivity index (χ1) is 16.8. The summed E-state index contributed by atoms with van der Waals surface area (Å²) >= 11 is 0. The fourth-order valence-electron chi connectivity index (χ4n) is 5.16. The minimum atomic E-state index is -1.07. The normalized spacial score (nSPS) is 22.0. The summed E-state index contributed by atoms with van der Waals surface area (Å²) in [5.41, 5.74) is -0.492. The van der Waals surface area contributed by atoms with Crippen molar-refractivity contribution in [3.05, 3.63) is 75.2 Å². The van der Waals surface area contributed by atoms with E-state index in [4.69, 9.17) is 4.74 Å². The van der Waals surface area contributed by atoms with E-state index in [0.29, 0.717) is 29.8 Å². The lowest BCUT2D eigenvalue weighted by molar-refractivity contribution is -0.141. The van der Waals surface area contributed by atoms with Gasteiger partial charge in [0.2, 0.25) is 11.5 Å². The molecule has 35 heavy (non-hydrogen) atoms. The Balaban J connectivity index is 1.51. The summed E-state index contributed by atoms with van der Waals surface area (Å²) in [6.07, 6.45) is 5.94. The minimum Gasteiger partial charge on any atom is -0.481 e. The summed E-state index contributed by atoms with van der Waals surface area (Å²) < 4.78 is 8.17. The Bertz CT molecular complexity index is 1410. The molecule has 3 saturated carbocycles. The molecule has 3 fully saturated rings. The molecule has 10 heteroatoms. The van der Waals surface area contributed by atoms with Gasteiger partial charge in [-0.2, -0.15) is 0 Å². The average molecular weight is 478 g/mol. The molecule has 0 spiro atoms. The maximum Gasteiger partial charge on any atom is 0.335 e. The van der Waals surface area contributed by atoms with Gasteiger partial charge in [0.1, 0.15) is 5.75 Å². The van der Waals surface area contributed by atoms with Crippen LogP contribution in [-0.2, 0) is 17.9 Å². The number of aromatic nitrogens is 4. The Morgan fingerprint density at radius 1 is 1.23 bits per heavy atom. The van der Waals surface area contributed by atoms with Gasteiger partial charge in [0.15, 0.2) is 0 Å². The van der Waals surface area contributed by atoms with Gasteiger partial charge in [-0.05, 0) is 67.3 Å². The molecule has 0 saturated heterocycles. The molecule has 2 bridgehead atoms. The van der Waals surface area contributed by atoms with Crippen molar-refractivity contribution in [3.63, 3.8) is 0 Å². The van der Waals surface area contributed by atoms with Crippen LogP contribution in [0.25, 0.3) is 0 Å². The third kappa shape index (κ3) is 4.68. The molecule has 2 aromatic heterocycles.